The molecule has 2 N–H and O–H groups in total. The van der Waals surface area contributed by atoms with Gasteiger partial charge in [0.15, 0.2) is 0 Å². The molecule has 0 aliphatic rings. The van der Waals surface area contributed by atoms with E-state index >= 15 is 0 Å². The first kappa shape index (κ1) is 12.7. The maximum absolute atomic E-state index is 9.28. The lowest BCUT2D eigenvalue weighted by molar-refractivity contribution is 0.530. The molecule has 0 amide bonds. The van der Waals surface area contributed by atoms with Crippen LogP contribution in [-0.4, -0.2) is 5.75 Å². The molecule has 0 radical (unpaired) electrons. The Hall–Kier alpha value is -1.70. The third kappa shape index (κ3) is 2.95. The Morgan fingerprint density at radius 3 is 2.61 bits per heavy atom. The fourth-order valence-corrected chi connectivity index (χ4v) is 2.64. The molecule has 92 valence electrons. The van der Waals surface area contributed by atoms with Gasteiger partial charge in [-0.2, -0.15) is 17.0 Å². The Kier molecular flexibility index (Phi) is 4.08. The molecule has 1 atom stereocenters. The highest BCUT2D eigenvalue weighted by Gasteiger charge is 2.26. The van der Waals surface area contributed by atoms with E-state index in [-0.39, 0.29) is 0 Å². The molecule has 0 spiro atoms. The summed E-state index contributed by atoms with van der Waals surface area (Å²) in [5, 5.41) is 9.28. The molecule has 1 unspecified atom stereocenters. The summed E-state index contributed by atoms with van der Waals surface area (Å²) in [7, 11) is 0. The highest BCUT2D eigenvalue weighted by molar-refractivity contribution is 7.98. The van der Waals surface area contributed by atoms with E-state index in [1.54, 1.807) is 18.0 Å². The molecule has 1 heterocycles. The van der Waals surface area contributed by atoms with Crippen LogP contribution >= 0.6 is 11.8 Å². The fourth-order valence-electron chi connectivity index (χ4n) is 1.62. The van der Waals surface area contributed by atoms with Crippen LogP contribution in [0, 0.1) is 11.3 Å². The average Bonchev–Trinajstić information content (AvgIpc) is 2.93. The molecule has 3 nitrogen and oxygen atoms in total. The summed E-state index contributed by atoms with van der Waals surface area (Å²) >= 11 is 1.60. The second kappa shape index (κ2) is 5.76. The summed E-state index contributed by atoms with van der Waals surface area (Å²) in [6.45, 7) is 0. The summed E-state index contributed by atoms with van der Waals surface area (Å²) < 4.78 is 5.24. The largest absolute Gasteiger partial charge is 0.468 e. The highest BCUT2D eigenvalue weighted by Crippen LogP contribution is 2.24. The molecule has 2 aromatic rings. The molecule has 0 saturated heterocycles. The molecule has 1 aromatic carbocycles. The van der Waals surface area contributed by atoms with Crippen LogP contribution in [0.15, 0.2) is 53.1 Å². The Bertz CT molecular complexity index is 518. The second-order valence-electron chi connectivity index (χ2n) is 4.02. The predicted octanol–water partition coefficient (Wildman–Crippen LogP) is 2.89. The van der Waals surface area contributed by atoms with Gasteiger partial charge >= 0.3 is 0 Å². The van der Waals surface area contributed by atoms with Crippen LogP contribution in [-0.2, 0) is 11.3 Å². The smallest absolute Gasteiger partial charge is 0.138 e. The van der Waals surface area contributed by atoms with Gasteiger partial charge in [0.05, 0.1) is 18.1 Å². The van der Waals surface area contributed by atoms with Crippen LogP contribution < -0.4 is 5.73 Å². The van der Waals surface area contributed by atoms with Gasteiger partial charge in [-0.3, -0.25) is 0 Å². The molecular formula is C14H14N2OS. The van der Waals surface area contributed by atoms with Crippen LogP contribution in [0.25, 0.3) is 0 Å². The minimum Gasteiger partial charge on any atom is -0.468 e. The summed E-state index contributed by atoms with van der Waals surface area (Å²) in [6.07, 6.45) is 1.65. The number of nitriles is 1. The number of nitrogens with zero attached hydrogens (tertiary/aromatic N) is 1. The number of hydrogen-bond donors (Lipinski definition) is 1. The maximum atomic E-state index is 9.28. The van der Waals surface area contributed by atoms with Crippen molar-refractivity contribution in [2.45, 2.75) is 11.3 Å². The van der Waals surface area contributed by atoms with E-state index in [0.717, 1.165) is 17.1 Å². The number of furan rings is 1. The monoisotopic (exact) mass is 258 g/mol. The van der Waals surface area contributed by atoms with Crippen molar-refractivity contribution in [1.82, 2.24) is 0 Å². The van der Waals surface area contributed by atoms with Gasteiger partial charge in [-0.15, -0.1) is 0 Å². The minimum atomic E-state index is -0.946. The fraction of sp³-hybridized carbons (Fsp3) is 0.214. The summed E-state index contributed by atoms with van der Waals surface area (Å²) in [4.78, 5) is 0. The maximum Gasteiger partial charge on any atom is 0.138 e. The minimum absolute atomic E-state index is 0.536. The van der Waals surface area contributed by atoms with Crippen LogP contribution in [0.5, 0.6) is 0 Å². The first-order chi connectivity index (χ1) is 8.74. The highest BCUT2D eigenvalue weighted by atomic mass is 32.2. The number of rotatable bonds is 5. The lowest BCUT2D eigenvalue weighted by Crippen LogP contribution is -2.37. The van der Waals surface area contributed by atoms with Gasteiger partial charge in [-0.25, -0.2) is 0 Å². The standard InChI is InChI=1S/C14H14N2OS/c15-10-14(16,12-5-2-1-3-6-12)11-18-9-13-7-4-8-17-13/h1-8H,9,11,16H2. The Labute approximate surface area is 111 Å². The second-order valence-corrected chi connectivity index (χ2v) is 5.01. The topological polar surface area (TPSA) is 63.0 Å². The molecule has 0 fully saturated rings. The van der Waals surface area contributed by atoms with E-state index in [9.17, 15) is 5.26 Å². The van der Waals surface area contributed by atoms with E-state index in [1.807, 2.05) is 42.5 Å². The predicted molar refractivity (Wildman–Crippen MR) is 72.8 cm³/mol. The molecule has 0 aliphatic heterocycles. The summed E-state index contributed by atoms with van der Waals surface area (Å²) in [5.74, 6) is 2.16. The van der Waals surface area contributed by atoms with Crippen LogP contribution in [0.3, 0.4) is 0 Å². The normalized spacial score (nSPS) is 13.8. The Morgan fingerprint density at radius 1 is 1.22 bits per heavy atom. The van der Waals surface area contributed by atoms with Crippen LogP contribution in [0.4, 0.5) is 0 Å². The quantitative estimate of drug-likeness (QED) is 0.895. The third-order valence-electron chi connectivity index (χ3n) is 2.64. The lowest BCUT2D eigenvalue weighted by Gasteiger charge is -2.21. The first-order valence-electron chi connectivity index (χ1n) is 5.60. The number of thioether (sulfide) groups is 1. The van der Waals surface area contributed by atoms with Crippen molar-refractivity contribution in [3.8, 4) is 6.07 Å². The average molecular weight is 258 g/mol. The molecule has 18 heavy (non-hydrogen) atoms. The van der Waals surface area contributed by atoms with Crippen molar-refractivity contribution in [2.24, 2.45) is 5.73 Å². The van der Waals surface area contributed by atoms with E-state index in [0.29, 0.717) is 5.75 Å². The van der Waals surface area contributed by atoms with Crippen LogP contribution in [0.2, 0.25) is 0 Å². The van der Waals surface area contributed by atoms with Crippen molar-refractivity contribution in [3.05, 3.63) is 60.1 Å². The van der Waals surface area contributed by atoms with Gasteiger partial charge in [-0.1, -0.05) is 30.3 Å². The van der Waals surface area contributed by atoms with Crippen molar-refractivity contribution >= 4 is 11.8 Å². The summed E-state index contributed by atoms with van der Waals surface area (Å²) in [5.41, 5.74) is 6.05. The number of hydrogen-bond acceptors (Lipinski definition) is 4. The number of nitrogens with two attached hydrogens (primary N) is 1. The molecule has 0 aliphatic carbocycles. The zero-order chi connectivity index (χ0) is 12.8. The molecule has 1 aromatic heterocycles. The molecule has 2 rings (SSSR count). The van der Waals surface area contributed by atoms with E-state index < -0.39 is 5.54 Å². The molecule has 0 bridgehead atoms. The van der Waals surface area contributed by atoms with Gasteiger partial charge < -0.3 is 10.2 Å². The third-order valence-corrected chi connectivity index (χ3v) is 3.79. The SMILES string of the molecule is N#CC(N)(CSCc1ccco1)c1ccccc1. The van der Waals surface area contributed by atoms with E-state index in [1.165, 1.54) is 0 Å². The summed E-state index contributed by atoms with van der Waals surface area (Å²) in [6, 6.07) is 15.4. The molecular weight excluding hydrogens is 244 g/mol. The van der Waals surface area contributed by atoms with Crippen molar-refractivity contribution in [1.29, 1.82) is 5.26 Å². The molecule has 4 heteroatoms. The first-order valence-corrected chi connectivity index (χ1v) is 6.76. The Morgan fingerprint density at radius 2 is 2.00 bits per heavy atom. The van der Waals surface area contributed by atoms with Gasteiger partial charge in [0.2, 0.25) is 0 Å². The van der Waals surface area contributed by atoms with Gasteiger partial charge in [0, 0.05) is 5.75 Å². The van der Waals surface area contributed by atoms with E-state index in [2.05, 4.69) is 6.07 Å². The zero-order valence-electron chi connectivity index (χ0n) is 9.87. The van der Waals surface area contributed by atoms with Gasteiger partial charge in [-0.05, 0) is 17.7 Å². The zero-order valence-corrected chi connectivity index (χ0v) is 10.7. The van der Waals surface area contributed by atoms with Gasteiger partial charge in [0.1, 0.15) is 11.3 Å². The number of benzene rings is 1. The molecule has 0 saturated carbocycles. The van der Waals surface area contributed by atoms with E-state index in [4.69, 9.17) is 10.2 Å². The Balaban J connectivity index is 1.99. The van der Waals surface area contributed by atoms with Crippen molar-refractivity contribution < 1.29 is 4.42 Å². The van der Waals surface area contributed by atoms with Gasteiger partial charge in [0.25, 0.3) is 0 Å². The lowest BCUT2D eigenvalue weighted by atomic mass is 9.95. The van der Waals surface area contributed by atoms with Crippen LogP contribution in [0.1, 0.15) is 11.3 Å². The van der Waals surface area contributed by atoms with Crippen molar-refractivity contribution in [3.63, 3.8) is 0 Å². The van der Waals surface area contributed by atoms with Crippen molar-refractivity contribution in [2.75, 3.05) is 5.75 Å².